The van der Waals surface area contributed by atoms with Crippen LogP contribution < -0.4 is 15.4 Å². The molecule has 4 amide bonds. The van der Waals surface area contributed by atoms with E-state index in [9.17, 15) is 19.2 Å². The number of H-pyrrole nitrogens is 2. The third-order valence-electron chi connectivity index (χ3n) is 15.9. The van der Waals surface area contributed by atoms with E-state index in [0.717, 1.165) is 22.3 Å². The summed E-state index contributed by atoms with van der Waals surface area (Å²) >= 11 is 0. The quantitative estimate of drug-likeness (QED) is 0.0654. The molecule has 2 spiro atoms. The summed E-state index contributed by atoms with van der Waals surface area (Å²) in [6.07, 6.45) is 1.26. The highest BCUT2D eigenvalue weighted by Crippen LogP contribution is 2.69. The Kier molecular flexibility index (Phi) is 10.7. The van der Waals surface area contributed by atoms with E-state index < -0.39 is 100 Å². The van der Waals surface area contributed by atoms with E-state index in [1.54, 1.807) is 33.2 Å². The third-order valence-corrected chi connectivity index (χ3v) is 15.9. The van der Waals surface area contributed by atoms with Gasteiger partial charge < -0.3 is 39.7 Å². The first kappa shape index (κ1) is 47.1. The largest absolute Gasteiger partial charge is 0.457 e. The first-order valence-corrected chi connectivity index (χ1v) is 23.1. The average Bonchev–Trinajstić information content (AvgIpc) is 3.65. The Morgan fingerprint density at radius 1 is 0.824 bits per heavy atom. The third kappa shape index (κ3) is 6.90. The van der Waals surface area contributed by atoms with Gasteiger partial charge in [0.15, 0.2) is 17.9 Å². The molecule has 3 saturated heterocycles. The number of likely N-dealkylation sites (tertiary alicyclic amines) is 1. The minimum absolute atomic E-state index is 0.246. The predicted molar refractivity (Wildman–Crippen MR) is 240 cm³/mol. The number of quaternary nitrogens is 1. The molecule has 0 bridgehead atoms. The molecule has 0 radical (unpaired) electrons. The van der Waals surface area contributed by atoms with Crippen LogP contribution >= 0.6 is 0 Å². The molecule has 6 heterocycles. The molecule has 15 nitrogen and oxygen atoms in total. The van der Waals surface area contributed by atoms with Crippen molar-refractivity contribution < 1.29 is 55.4 Å². The summed E-state index contributed by atoms with van der Waals surface area (Å²) in [5.41, 5.74) is 0.341. The van der Waals surface area contributed by atoms with E-state index in [1.165, 1.54) is 19.1 Å². The number of nitrogens with one attached hydrogen (secondary N) is 4. The maximum Gasteiger partial charge on any atom is 0.407 e. The number of aromatic amines is 2. The summed E-state index contributed by atoms with van der Waals surface area (Å²) in [6.45, 7) is 13.3. The molecule has 1 saturated carbocycles. The molecule has 4 fully saturated rings. The summed E-state index contributed by atoms with van der Waals surface area (Å²) in [5, 5.41) is 5.26. The van der Waals surface area contributed by atoms with Gasteiger partial charge in [0.05, 0.1) is 61.9 Å². The number of amides is 4. The van der Waals surface area contributed by atoms with Crippen LogP contribution in [-0.4, -0.2) is 116 Å². The molecule has 9 rings (SSSR count). The molecule has 364 valence electrons. The van der Waals surface area contributed by atoms with Crippen LogP contribution in [0, 0.1) is 11.8 Å². The number of carbonyl (C=O) groups is 4. The number of imidazole rings is 2. The zero-order chi connectivity index (χ0) is 49.3. The number of fused-ring (bicyclic) bond motifs is 2. The van der Waals surface area contributed by atoms with Crippen molar-refractivity contribution in [3.05, 3.63) is 71.6 Å². The number of rotatable bonds is 11. The van der Waals surface area contributed by atoms with Crippen LogP contribution in [-0.2, 0) is 35.4 Å². The number of halogens is 4. The predicted octanol–water partition coefficient (Wildman–Crippen LogP) is 8.30. The van der Waals surface area contributed by atoms with E-state index in [4.69, 9.17) is 19.2 Å². The van der Waals surface area contributed by atoms with Gasteiger partial charge in [0.2, 0.25) is 11.9 Å². The van der Waals surface area contributed by atoms with Crippen molar-refractivity contribution in [2.45, 2.75) is 133 Å². The number of nitrogens with zero attached hydrogens (tertiary/aromatic N) is 4. The lowest BCUT2D eigenvalue weighted by Crippen LogP contribution is -2.54. The van der Waals surface area contributed by atoms with Crippen LogP contribution in [0.15, 0.2) is 48.8 Å². The van der Waals surface area contributed by atoms with Gasteiger partial charge in [0.1, 0.15) is 29.4 Å². The Bertz CT molecular complexity index is 2740. The van der Waals surface area contributed by atoms with Gasteiger partial charge >= 0.3 is 24.0 Å². The molecule has 4 N–H and O–H groups in total. The van der Waals surface area contributed by atoms with Gasteiger partial charge in [-0.1, -0.05) is 60.6 Å². The molecule has 1 aliphatic carbocycles. The number of hydrogen-bond acceptors (Lipinski definition) is 9. The Balaban J connectivity index is 0.969. The molecule has 5 aliphatic rings. The van der Waals surface area contributed by atoms with Crippen molar-refractivity contribution in [1.82, 2.24) is 35.5 Å². The molecule has 2 aromatic carbocycles. The van der Waals surface area contributed by atoms with Crippen LogP contribution in [0.25, 0.3) is 22.5 Å². The van der Waals surface area contributed by atoms with Gasteiger partial charge in [-0.05, 0) is 55.9 Å². The minimum Gasteiger partial charge on any atom is -0.457 e. The van der Waals surface area contributed by atoms with E-state index in [-0.39, 0.29) is 30.0 Å². The number of hydrogen-bond donors (Lipinski definition) is 4. The number of benzene rings is 2. The fourth-order valence-electron chi connectivity index (χ4n) is 12.2. The van der Waals surface area contributed by atoms with Gasteiger partial charge in [0.25, 0.3) is 5.92 Å². The number of alkyl carbamates (subject to hydrolysis) is 2. The van der Waals surface area contributed by atoms with Crippen LogP contribution in [0.5, 0.6) is 11.5 Å². The molecule has 2 aromatic heterocycles. The first-order chi connectivity index (χ1) is 31.8. The highest BCUT2D eigenvalue weighted by Gasteiger charge is 2.86. The molecule has 7 atom stereocenters. The minimum atomic E-state index is -3.17. The lowest BCUT2D eigenvalue weighted by atomic mass is 9.75. The topological polar surface area (TPSA) is 181 Å². The number of ether oxygens (including phenoxy) is 3. The standard InChI is InChI=1S/C49H58F4N8O7/c1-11-46(21-47(46)22-48(50,51)23-60(47)38(62)36(26(4)5)59-43(65)67-10)41-55-19-32(57-41)28-12-14-29-34(17-28)68-33-15-13-27(16-30(33)44(29,6)7)31-18-54-40(56-31)45(8)20-49(52,53)24-61(45)37(39(61)63)35(25(2)3)58-42(64)66-9/h12-19,25-26,35-37H,11,20-24H2,1-10H3,(H3-,54,55,56,57,58,59,64,65)/p+1. The number of carbonyl (C=O) groups excluding carboxylic acids is 4. The second-order valence-corrected chi connectivity index (χ2v) is 20.9. The normalized spacial score (nSPS) is 28.8. The van der Waals surface area contributed by atoms with E-state index in [0.29, 0.717) is 35.1 Å². The maximum atomic E-state index is 15.5. The highest BCUT2D eigenvalue weighted by molar-refractivity contribution is 5.90. The Labute approximate surface area is 391 Å². The second-order valence-electron chi connectivity index (χ2n) is 20.9. The lowest BCUT2D eigenvalue weighted by molar-refractivity contribution is -0.831. The smallest absolute Gasteiger partial charge is 0.407 e. The fraction of sp³-hybridized carbons (Fsp3) is 0.551. The van der Waals surface area contributed by atoms with Crippen molar-refractivity contribution in [3.63, 3.8) is 0 Å². The Hall–Kier alpha value is -5.98. The Morgan fingerprint density at radius 2 is 1.44 bits per heavy atom. The molecule has 4 aliphatic heterocycles. The summed E-state index contributed by atoms with van der Waals surface area (Å²) < 4.78 is 77.4. The summed E-state index contributed by atoms with van der Waals surface area (Å²) in [5.74, 6) is -5.96. The van der Waals surface area contributed by atoms with Crippen LogP contribution in [0.2, 0.25) is 0 Å². The van der Waals surface area contributed by atoms with Crippen molar-refractivity contribution in [1.29, 1.82) is 0 Å². The van der Waals surface area contributed by atoms with Crippen LogP contribution in [0.4, 0.5) is 27.2 Å². The fourth-order valence-corrected chi connectivity index (χ4v) is 12.2. The molecule has 68 heavy (non-hydrogen) atoms. The summed E-state index contributed by atoms with van der Waals surface area (Å²) in [6, 6.07) is 8.79. The van der Waals surface area contributed by atoms with Crippen LogP contribution in [0.3, 0.4) is 0 Å². The number of alkyl halides is 4. The van der Waals surface area contributed by atoms with Crippen LogP contribution in [0.1, 0.15) is 104 Å². The van der Waals surface area contributed by atoms with Crippen molar-refractivity contribution in [2.24, 2.45) is 11.8 Å². The number of aromatic nitrogens is 4. The van der Waals surface area contributed by atoms with Gasteiger partial charge in [0, 0.05) is 34.1 Å². The van der Waals surface area contributed by atoms with E-state index >= 15 is 17.6 Å². The van der Waals surface area contributed by atoms with Gasteiger partial charge in [-0.3, -0.25) is 4.79 Å². The molecule has 7 unspecified atom stereocenters. The lowest BCUT2D eigenvalue weighted by Gasteiger charge is -2.35. The summed E-state index contributed by atoms with van der Waals surface area (Å²) in [4.78, 5) is 69.7. The molecular formula is C49H59F4N8O7+. The molecule has 4 aromatic rings. The zero-order valence-electron chi connectivity index (χ0n) is 39.9. The second kappa shape index (κ2) is 15.5. The van der Waals surface area contributed by atoms with Crippen molar-refractivity contribution in [3.8, 4) is 34.0 Å². The van der Waals surface area contributed by atoms with Crippen molar-refractivity contribution in [2.75, 3.05) is 27.3 Å². The SMILES string of the molecule is CCC1(c2ncc(-c3ccc4c(c3)Oc3ccc(-c5cnc(C6(C)CC(F)(F)C[N+]67C(=O)C7C(NC(=O)OC)C(C)C)[nH]5)cc3C4(C)C)[nH]2)CC12CC(F)(F)CN2C(=O)C(NC(=O)OC)C(C)C. The van der Waals surface area contributed by atoms with Crippen molar-refractivity contribution >= 4 is 24.0 Å². The zero-order valence-corrected chi connectivity index (χ0v) is 39.9. The Morgan fingerprint density at radius 3 is 2.07 bits per heavy atom. The summed E-state index contributed by atoms with van der Waals surface area (Å²) in [7, 11) is 2.39. The highest BCUT2D eigenvalue weighted by atomic mass is 19.3. The van der Waals surface area contributed by atoms with Gasteiger partial charge in [-0.15, -0.1) is 0 Å². The number of methoxy groups -OCH3 is 2. The first-order valence-electron chi connectivity index (χ1n) is 23.1. The van der Waals surface area contributed by atoms with Gasteiger partial charge in [-0.2, -0.15) is 0 Å². The van der Waals surface area contributed by atoms with E-state index in [1.807, 2.05) is 57.2 Å². The molecule has 19 heteroatoms. The average molecular weight is 948 g/mol. The molecular weight excluding hydrogens is 889 g/mol. The van der Waals surface area contributed by atoms with Gasteiger partial charge in [-0.25, -0.2) is 46.4 Å². The van der Waals surface area contributed by atoms with E-state index in [2.05, 4.69) is 39.4 Å². The maximum absolute atomic E-state index is 15.5. The monoisotopic (exact) mass is 947 g/mol.